The molecule has 3 aromatic rings. The van der Waals surface area contributed by atoms with Crippen molar-refractivity contribution in [3.63, 3.8) is 0 Å². The van der Waals surface area contributed by atoms with Gasteiger partial charge in [-0.05, 0) is 24.3 Å². The van der Waals surface area contributed by atoms with Gasteiger partial charge in [-0.3, -0.25) is 19.9 Å². The van der Waals surface area contributed by atoms with Gasteiger partial charge in [-0.25, -0.2) is 0 Å². The third kappa shape index (κ3) is 2.62. The maximum absolute atomic E-state index is 12.4. The fourth-order valence-corrected chi connectivity index (χ4v) is 2.20. The quantitative estimate of drug-likeness (QED) is 0.592. The van der Waals surface area contributed by atoms with Gasteiger partial charge in [0, 0.05) is 35.0 Å². The van der Waals surface area contributed by atoms with Crippen LogP contribution in [0.25, 0.3) is 10.9 Å². The summed E-state index contributed by atoms with van der Waals surface area (Å²) in [5.41, 5.74) is 1.49. The second-order valence-electron chi connectivity index (χ2n) is 4.64. The van der Waals surface area contributed by atoms with Crippen LogP contribution in [0.5, 0.6) is 0 Å². The van der Waals surface area contributed by atoms with Crippen molar-refractivity contribution < 1.29 is 9.72 Å². The third-order valence-electron chi connectivity index (χ3n) is 3.21. The number of fused-ring (bicyclic) bond motifs is 1. The lowest BCUT2D eigenvalue weighted by atomic mass is 10.1. The molecule has 3 rings (SSSR count). The first-order valence-corrected chi connectivity index (χ1v) is 6.55. The molecule has 0 bridgehead atoms. The maximum atomic E-state index is 12.4. The van der Waals surface area contributed by atoms with Crippen LogP contribution in [0.15, 0.2) is 60.8 Å². The van der Waals surface area contributed by atoms with Crippen LogP contribution in [0.3, 0.4) is 0 Å². The largest absolute Gasteiger partial charge is 0.322 e. The lowest BCUT2D eigenvalue weighted by molar-refractivity contribution is -0.384. The average Bonchev–Trinajstić information content (AvgIpc) is 2.54. The van der Waals surface area contributed by atoms with Crippen LogP contribution in [0.4, 0.5) is 11.4 Å². The number of rotatable bonds is 3. The molecule has 6 nitrogen and oxygen atoms in total. The summed E-state index contributed by atoms with van der Waals surface area (Å²) < 4.78 is 0. The number of amides is 1. The molecule has 0 fully saturated rings. The van der Waals surface area contributed by atoms with Crippen molar-refractivity contribution in [2.24, 2.45) is 0 Å². The number of nitro benzene ring substituents is 1. The predicted octanol–water partition coefficient (Wildman–Crippen LogP) is 3.40. The van der Waals surface area contributed by atoms with Crippen molar-refractivity contribution >= 4 is 28.2 Å². The second-order valence-corrected chi connectivity index (χ2v) is 4.64. The number of hydrogen-bond donors (Lipinski definition) is 1. The Hall–Kier alpha value is -3.28. The van der Waals surface area contributed by atoms with E-state index in [1.54, 1.807) is 30.5 Å². The zero-order valence-electron chi connectivity index (χ0n) is 11.4. The lowest BCUT2D eigenvalue weighted by Crippen LogP contribution is -2.12. The highest BCUT2D eigenvalue weighted by molar-refractivity contribution is 6.12. The van der Waals surface area contributed by atoms with Crippen molar-refractivity contribution in [3.05, 3.63) is 76.5 Å². The van der Waals surface area contributed by atoms with Crippen molar-refractivity contribution in [2.45, 2.75) is 0 Å². The third-order valence-corrected chi connectivity index (χ3v) is 3.21. The summed E-state index contributed by atoms with van der Waals surface area (Å²) >= 11 is 0. The summed E-state index contributed by atoms with van der Waals surface area (Å²) in [5, 5.41) is 14.2. The van der Waals surface area contributed by atoms with Crippen molar-refractivity contribution in [3.8, 4) is 0 Å². The normalized spacial score (nSPS) is 10.4. The number of aromatic nitrogens is 1. The van der Waals surface area contributed by atoms with Crippen LogP contribution < -0.4 is 5.32 Å². The number of nitrogens with one attached hydrogen (secondary N) is 1. The molecule has 0 atom stereocenters. The summed E-state index contributed by atoms with van der Waals surface area (Å²) in [4.78, 5) is 26.9. The Morgan fingerprint density at radius 2 is 1.91 bits per heavy atom. The van der Waals surface area contributed by atoms with E-state index in [1.165, 1.54) is 18.2 Å². The predicted molar refractivity (Wildman–Crippen MR) is 82.8 cm³/mol. The fraction of sp³-hybridized carbons (Fsp3) is 0. The number of non-ortho nitro benzene ring substituents is 1. The van der Waals surface area contributed by atoms with Gasteiger partial charge in [-0.2, -0.15) is 0 Å². The summed E-state index contributed by atoms with van der Waals surface area (Å²) in [5.74, 6) is -0.334. The monoisotopic (exact) mass is 293 g/mol. The molecule has 0 spiro atoms. The second kappa shape index (κ2) is 5.61. The van der Waals surface area contributed by atoms with Crippen molar-refractivity contribution in [1.29, 1.82) is 0 Å². The number of anilines is 1. The summed E-state index contributed by atoms with van der Waals surface area (Å²) in [6, 6.07) is 14.6. The fourth-order valence-electron chi connectivity index (χ4n) is 2.20. The molecule has 108 valence electrons. The van der Waals surface area contributed by atoms with Crippen LogP contribution in [0.1, 0.15) is 10.4 Å². The van der Waals surface area contributed by atoms with Crippen LogP contribution in [-0.2, 0) is 0 Å². The van der Waals surface area contributed by atoms with Crippen LogP contribution >= 0.6 is 0 Å². The highest BCUT2D eigenvalue weighted by Crippen LogP contribution is 2.20. The molecule has 0 saturated carbocycles. The molecule has 0 aliphatic heterocycles. The van der Waals surface area contributed by atoms with Crippen LogP contribution in [0, 0.1) is 10.1 Å². The van der Waals surface area contributed by atoms with Gasteiger partial charge in [0.1, 0.15) is 0 Å². The van der Waals surface area contributed by atoms with E-state index in [9.17, 15) is 14.9 Å². The highest BCUT2D eigenvalue weighted by atomic mass is 16.6. The summed E-state index contributed by atoms with van der Waals surface area (Å²) in [6.45, 7) is 0. The average molecular weight is 293 g/mol. The Bertz CT molecular complexity index is 872. The van der Waals surface area contributed by atoms with Crippen molar-refractivity contribution in [2.75, 3.05) is 5.32 Å². The molecule has 22 heavy (non-hydrogen) atoms. The van der Waals surface area contributed by atoms with Gasteiger partial charge in [0.25, 0.3) is 11.6 Å². The molecule has 1 heterocycles. The number of hydrogen-bond acceptors (Lipinski definition) is 4. The zero-order chi connectivity index (χ0) is 15.5. The summed E-state index contributed by atoms with van der Waals surface area (Å²) in [7, 11) is 0. The Balaban J connectivity index is 1.94. The Morgan fingerprint density at radius 3 is 2.73 bits per heavy atom. The summed E-state index contributed by atoms with van der Waals surface area (Å²) in [6.07, 6.45) is 1.66. The number of pyridine rings is 1. The van der Waals surface area contributed by atoms with Gasteiger partial charge in [0.2, 0.25) is 0 Å². The van der Waals surface area contributed by atoms with Crippen LogP contribution in [-0.4, -0.2) is 15.8 Å². The highest BCUT2D eigenvalue weighted by Gasteiger charge is 2.12. The minimum absolute atomic E-state index is 0.0719. The topological polar surface area (TPSA) is 85.1 Å². The molecule has 6 heteroatoms. The molecule has 1 amide bonds. The van der Waals surface area contributed by atoms with Gasteiger partial charge >= 0.3 is 0 Å². The standard InChI is InChI=1S/C16H11N3O3/c20-16(18-11-4-1-5-12(10-11)19(21)22)14-6-2-8-15-13(14)7-3-9-17-15/h1-10H,(H,18,20). The Labute approximate surface area is 125 Å². The van der Waals surface area contributed by atoms with Crippen LogP contribution in [0.2, 0.25) is 0 Å². The molecule has 0 radical (unpaired) electrons. The van der Waals surface area contributed by atoms with Gasteiger partial charge < -0.3 is 5.32 Å². The maximum Gasteiger partial charge on any atom is 0.271 e. The number of benzene rings is 2. The van der Waals surface area contributed by atoms with E-state index in [-0.39, 0.29) is 11.6 Å². The Kier molecular flexibility index (Phi) is 3.49. The number of carbonyl (C=O) groups excluding carboxylic acids is 1. The van der Waals surface area contributed by atoms with Crippen molar-refractivity contribution in [1.82, 2.24) is 4.98 Å². The van der Waals surface area contributed by atoms with E-state index >= 15 is 0 Å². The minimum atomic E-state index is -0.502. The van der Waals surface area contributed by atoms with E-state index in [0.717, 1.165) is 5.39 Å². The molecular weight excluding hydrogens is 282 g/mol. The molecule has 0 aliphatic rings. The molecule has 1 aromatic heterocycles. The number of nitrogens with zero attached hydrogens (tertiary/aromatic N) is 2. The molecular formula is C16H11N3O3. The van der Waals surface area contributed by atoms with E-state index < -0.39 is 4.92 Å². The van der Waals surface area contributed by atoms with E-state index in [1.807, 2.05) is 12.1 Å². The number of carbonyl (C=O) groups is 1. The molecule has 1 N–H and O–H groups in total. The smallest absolute Gasteiger partial charge is 0.271 e. The molecule has 0 unspecified atom stereocenters. The first-order valence-electron chi connectivity index (χ1n) is 6.55. The molecule has 0 aliphatic carbocycles. The van der Waals surface area contributed by atoms with Gasteiger partial charge in [-0.1, -0.05) is 18.2 Å². The molecule has 2 aromatic carbocycles. The first kappa shape index (κ1) is 13.7. The van der Waals surface area contributed by atoms with E-state index in [2.05, 4.69) is 10.3 Å². The molecule has 0 saturated heterocycles. The van der Waals surface area contributed by atoms with Gasteiger partial charge in [-0.15, -0.1) is 0 Å². The minimum Gasteiger partial charge on any atom is -0.322 e. The lowest BCUT2D eigenvalue weighted by Gasteiger charge is -2.07. The van der Waals surface area contributed by atoms with E-state index in [0.29, 0.717) is 16.8 Å². The zero-order valence-corrected chi connectivity index (χ0v) is 11.4. The van der Waals surface area contributed by atoms with E-state index in [4.69, 9.17) is 0 Å². The first-order chi connectivity index (χ1) is 10.6. The van der Waals surface area contributed by atoms with Gasteiger partial charge in [0.15, 0.2) is 0 Å². The van der Waals surface area contributed by atoms with Gasteiger partial charge in [0.05, 0.1) is 10.4 Å². The SMILES string of the molecule is O=C(Nc1cccc([N+](=O)[O-])c1)c1cccc2ncccc12. The number of nitro groups is 1. The Morgan fingerprint density at radius 1 is 1.09 bits per heavy atom.